The SMILES string of the molecule is CSc1cc(C(C)(C)C)c(O)c(C(=O)Nc2ccc(S(=O)(=O)C(F)(F)F)cc2Cl)c1C(C)C. The molecular weight excluding hydrogens is 499 g/mol. The Bertz CT molecular complexity index is 1190. The van der Waals surface area contributed by atoms with E-state index in [0.717, 1.165) is 11.0 Å². The Morgan fingerprint density at radius 1 is 1.15 bits per heavy atom. The highest BCUT2D eigenvalue weighted by Gasteiger charge is 2.47. The number of carbonyl (C=O) groups excluding carboxylic acids is 1. The summed E-state index contributed by atoms with van der Waals surface area (Å²) in [6, 6.07) is 4.17. The van der Waals surface area contributed by atoms with Crippen molar-refractivity contribution in [1.29, 1.82) is 0 Å². The van der Waals surface area contributed by atoms with Crippen LogP contribution in [0.15, 0.2) is 34.1 Å². The molecule has 182 valence electrons. The van der Waals surface area contributed by atoms with Crippen molar-refractivity contribution < 1.29 is 31.5 Å². The summed E-state index contributed by atoms with van der Waals surface area (Å²) in [7, 11) is -5.59. The van der Waals surface area contributed by atoms with Gasteiger partial charge in [-0.1, -0.05) is 46.2 Å². The predicted octanol–water partition coefficient (Wildman–Crippen LogP) is 6.73. The van der Waals surface area contributed by atoms with Crippen LogP contribution in [-0.4, -0.2) is 31.2 Å². The monoisotopic (exact) mass is 523 g/mol. The first-order chi connectivity index (χ1) is 14.9. The van der Waals surface area contributed by atoms with Gasteiger partial charge in [0.25, 0.3) is 15.7 Å². The lowest BCUT2D eigenvalue weighted by molar-refractivity contribution is -0.0436. The van der Waals surface area contributed by atoms with E-state index in [-0.39, 0.29) is 22.9 Å². The van der Waals surface area contributed by atoms with Gasteiger partial charge in [-0.15, -0.1) is 11.8 Å². The van der Waals surface area contributed by atoms with Gasteiger partial charge >= 0.3 is 5.51 Å². The molecule has 1 amide bonds. The number of hydrogen-bond acceptors (Lipinski definition) is 5. The van der Waals surface area contributed by atoms with Gasteiger partial charge in [-0.25, -0.2) is 8.42 Å². The highest BCUT2D eigenvalue weighted by molar-refractivity contribution is 7.98. The van der Waals surface area contributed by atoms with E-state index in [0.29, 0.717) is 23.3 Å². The van der Waals surface area contributed by atoms with E-state index in [1.807, 2.05) is 46.9 Å². The van der Waals surface area contributed by atoms with Crippen LogP contribution in [0.1, 0.15) is 62.0 Å². The van der Waals surface area contributed by atoms with Crippen LogP contribution in [0.2, 0.25) is 5.02 Å². The smallest absolute Gasteiger partial charge is 0.501 e. The van der Waals surface area contributed by atoms with E-state index in [1.54, 1.807) is 0 Å². The zero-order chi connectivity index (χ0) is 25.5. The van der Waals surface area contributed by atoms with Gasteiger partial charge in [0.2, 0.25) is 0 Å². The Kier molecular flexibility index (Phi) is 7.77. The lowest BCUT2D eigenvalue weighted by Gasteiger charge is -2.26. The first-order valence-electron chi connectivity index (χ1n) is 9.80. The Morgan fingerprint density at radius 3 is 2.15 bits per heavy atom. The van der Waals surface area contributed by atoms with Crippen molar-refractivity contribution in [3.8, 4) is 5.75 Å². The molecule has 0 spiro atoms. The van der Waals surface area contributed by atoms with Gasteiger partial charge in [0, 0.05) is 10.5 Å². The Hall–Kier alpha value is -1.91. The maximum atomic E-state index is 13.3. The van der Waals surface area contributed by atoms with Crippen molar-refractivity contribution >= 4 is 44.8 Å². The number of thioether (sulfide) groups is 1. The molecule has 11 heteroatoms. The van der Waals surface area contributed by atoms with Crippen LogP contribution < -0.4 is 5.32 Å². The minimum Gasteiger partial charge on any atom is -0.507 e. The molecule has 0 aliphatic heterocycles. The van der Waals surface area contributed by atoms with Crippen molar-refractivity contribution in [3.63, 3.8) is 0 Å². The van der Waals surface area contributed by atoms with Crippen LogP contribution >= 0.6 is 23.4 Å². The number of alkyl halides is 3. The van der Waals surface area contributed by atoms with Crippen molar-refractivity contribution in [1.82, 2.24) is 0 Å². The molecule has 0 saturated heterocycles. The third-order valence-electron chi connectivity index (χ3n) is 4.94. The van der Waals surface area contributed by atoms with E-state index in [2.05, 4.69) is 5.32 Å². The number of rotatable bonds is 5. The molecule has 0 aromatic heterocycles. The number of benzene rings is 2. The number of phenols is 1. The average Bonchev–Trinajstić information content (AvgIpc) is 2.66. The van der Waals surface area contributed by atoms with Crippen molar-refractivity contribution in [2.24, 2.45) is 0 Å². The highest BCUT2D eigenvalue weighted by Crippen LogP contribution is 2.43. The zero-order valence-electron chi connectivity index (χ0n) is 18.9. The number of phenolic OH excluding ortho intramolecular Hbond substituents is 1. The molecule has 0 fully saturated rings. The fraction of sp³-hybridized carbons (Fsp3) is 0.409. The fourth-order valence-corrected chi connectivity index (χ4v) is 5.16. The van der Waals surface area contributed by atoms with E-state index in [4.69, 9.17) is 11.6 Å². The lowest BCUT2D eigenvalue weighted by Crippen LogP contribution is -2.23. The first kappa shape index (κ1) is 27.3. The standard InChI is InChI=1S/C22H25ClF3NO4S2/c1-11(2)17-16(32-6)10-13(21(3,4)5)19(28)18(17)20(29)27-15-8-7-12(9-14(15)23)33(30,31)22(24,25)26/h7-11,28H,1-6H3,(H,27,29). The maximum absolute atomic E-state index is 13.3. The second kappa shape index (κ2) is 9.38. The summed E-state index contributed by atoms with van der Waals surface area (Å²) in [6.45, 7) is 9.40. The molecule has 0 unspecified atom stereocenters. The second-order valence-electron chi connectivity index (χ2n) is 8.71. The third kappa shape index (κ3) is 5.44. The molecule has 2 rings (SSSR count). The van der Waals surface area contributed by atoms with Crippen molar-refractivity contribution in [2.45, 2.75) is 61.3 Å². The van der Waals surface area contributed by atoms with Crippen LogP contribution in [0, 0.1) is 0 Å². The van der Waals surface area contributed by atoms with Gasteiger partial charge in [-0.2, -0.15) is 13.2 Å². The number of nitrogens with one attached hydrogen (secondary N) is 1. The van der Waals surface area contributed by atoms with Crippen LogP contribution in [0.3, 0.4) is 0 Å². The largest absolute Gasteiger partial charge is 0.507 e. The predicted molar refractivity (Wildman–Crippen MR) is 125 cm³/mol. The molecule has 0 aliphatic carbocycles. The van der Waals surface area contributed by atoms with Crippen molar-refractivity contribution in [3.05, 3.63) is 46.0 Å². The first-order valence-corrected chi connectivity index (χ1v) is 12.9. The third-order valence-corrected chi connectivity index (χ3v) is 7.51. The van der Waals surface area contributed by atoms with Gasteiger partial charge in [0.1, 0.15) is 5.75 Å². The number of carbonyl (C=O) groups is 1. The average molecular weight is 524 g/mol. The summed E-state index contributed by atoms with van der Waals surface area (Å²) < 4.78 is 61.7. The van der Waals surface area contributed by atoms with Gasteiger partial charge < -0.3 is 10.4 Å². The molecule has 0 aliphatic rings. The van der Waals surface area contributed by atoms with Gasteiger partial charge in [0.05, 0.1) is 21.2 Å². The van der Waals surface area contributed by atoms with E-state index < -0.39 is 36.6 Å². The van der Waals surface area contributed by atoms with Crippen LogP contribution in [-0.2, 0) is 15.3 Å². The minimum atomic E-state index is -5.59. The topological polar surface area (TPSA) is 83.5 Å². The number of sulfone groups is 1. The van der Waals surface area contributed by atoms with E-state index in [1.165, 1.54) is 11.8 Å². The maximum Gasteiger partial charge on any atom is 0.501 e. The molecule has 33 heavy (non-hydrogen) atoms. The summed E-state index contributed by atoms with van der Waals surface area (Å²) in [5.74, 6) is -1.05. The Balaban J connectivity index is 2.61. The molecule has 2 aromatic carbocycles. The second-order valence-corrected chi connectivity index (χ2v) is 11.9. The summed E-state index contributed by atoms with van der Waals surface area (Å²) in [5, 5.41) is 13.1. The normalized spacial score (nSPS) is 12.8. The van der Waals surface area contributed by atoms with Crippen LogP contribution in [0.5, 0.6) is 5.75 Å². The van der Waals surface area contributed by atoms with Crippen molar-refractivity contribution in [2.75, 3.05) is 11.6 Å². The van der Waals surface area contributed by atoms with E-state index in [9.17, 15) is 31.5 Å². The highest BCUT2D eigenvalue weighted by atomic mass is 35.5. The Labute approximate surface area is 200 Å². The molecular formula is C22H25ClF3NO4S2. The zero-order valence-corrected chi connectivity index (χ0v) is 21.3. The molecule has 0 radical (unpaired) electrons. The molecule has 0 atom stereocenters. The number of anilines is 1. The fourth-order valence-electron chi connectivity index (χ4n) is 3.29. The number of aromatic hydroxyl groups is 1. The summed E-state index contributed by atoms with van der Waals surface area (Å²) in [6.07, 6.45) is 1.85. The minimum absolute atomic E-state index is 0.0323. The number of halogens is 4. The molecule has 0 bridgehead atoms. The van der Waals surface area contributed by atoms with Gasteiger partial charge in [-0.05, 0) is 47.4 Å². The molecule has 2 aromatic rings. The quantitative estimate of drug-likeness (QED) is 0.424. The van der Waals surface area contributed by atoms with E-state index >= 15 is 0 Å². The number of amides is 1. The molecule has 2 N–H and O–H groups in total. The number of hydrogen-bond donors (Lipinski definition) is 2. The van der Waals surface area contributed by atoms with Crippen LogP contribution in [0.25, 0.3) is 0 Å². The molecule has 5 nitrogen and oxygen atoms in total. The van der Waals surface area contributed by atoms with Gasteiger partial charge in [-0.3, -0.25) is 4.79 Å². The summed E-state index contributed by atoms with van der Waals surface area (Å²) >= 11 is 7.43. The van der Waals surface area contributed by atoms with Crippen LogP contribution in [0.4, 0.5) is 18.9 Å². The summed E-state index contributed by atoms with van der Waals surface area (Å²) in [5.41, 5.74) is -4.86. The Morgan fingerprint density at radius 2 is 1.73 bits per heavy atom. The molecule has 0 heterocycles. The lowest BCUT2D eigenvalue weighted by atomic mass is 9.82. The molecule has 0 saturated carbocycles. The van der Waals surface area contributed by atoms with Gasteiger partial charge in [0.15, 0.2) is 0 Å². The summed E-state index contributed by atoms with van der Waals surface area (Å²) in [4.78, 5) is 13.0.